The first kappa shape index (κ1) is 19.8. The number of hydrogen-bond donors (Lipinski definition) is 0. The molecule has 3 rings (SSSR count). The average molecular weight is 396 g/mol. The van der Waals surface area contributed by atoms with Crippen molar-refractivity contribution in [2.45, 2.75) is 18.7 Å². The minimum atomic E-state index is -4.47. The van der Waals surface area contributed by atoms with Crippen molar-refractivity contribution < 1.29 is 32.2 Å². The molecule has 6 nitrogen and oxygen atoms in total. The molecular formula is C19H19F3N2O4. The molecule has 1 amide bonds. The van der Waals surface area contributed by atoms with Crippen LogP contribution < -0.4 is 14.2 Å². The van der Waals surface area contributed by atoms with E-state index in [1.165, 1.54) is 14.2 Å². The van der Waals surface area contributed by atoms with Crippen LogP contribution in [0.15, 0.2) is 36.5 Å². The Morgan fingerprint density at radius 2 is 1.89 bits per heavy atom. The molecule has 28 heavy (non-hydrogen) atoms. The summed E-state index contributed by atoms with van der Waals surface area (Å²) in [5.41, 5.74) is -0.399. The van der Waals surface area contributed by atoms with Crippen molar-refractivity contribution in [1.29, 1.82) is 0 Å². The lowest BCUT2D eigenvalue weighted by molar-refractivity contribution is -0.137. The van der Waals surface area contributed by atoms with E-state index in [-0.39, 0.29) is 18.3 Å². The van der Waals surface area contributed by atoms with Crippen LogP contribution in [-0.4, -0.2) is 49.2 Å². The standard InChI is InChI=1S/C19H19F3N2O4/c1-26-15-4-3-12(9-16(15)27-2)18(25)24-8-6-14(11-24)28-17-10-13(5-7-23-17)19(20,21)22/h3-5,7,9-10,14H,6,8,11H2,1-2H3. The number of benzene rings is 1. The molecule has 1 aliphatic heterocycles. The van der Waals surface area contributed by atoms with E-state index in [0.29, 0.717) is 30.0 Å². The molecule has 1 saturated heterocycles. The van der Waals surface area contributed by atoms with Crippen LogP contribution >= 0.6 is 0 Å². The van der Waals surface area contributed by atoms with Gasteiger partial charge in [-0.05, 0) is 24.3 Å². The van der Waals surface area contributed by atoms with Gasteiger partial charge in [-0.15, -0.1) is 0 Å². The molecule has 2 heterocycles. The van der Waals surface area contributed by atoms with Crippen molar-refractivity contribution >= 4 is 5.91 Å². The lowest BCUT2D eigenvalue weighted by Gasteiger charge is -2.18. The zero-order valence-corrected chi connectivity index (χ0v) is 15.3. The van der Waals surface area contributed by atoms with Crippen LogP contribution in [0.3, 0.4) is 0 Å². The van der Waals surface area contributed by atoms with Crippen LogP contribution in [0.2, 0.25) is 0 Å². The topological polar surface area (TPSA) is 60.9 Å². The number of pyridine rings is 1. The molecule has 0 N–H and O–H groups in total. The Morgan fingerprint density at radius 3 is 2.57 bits per heavy atom. The summed E-state index contributed by atoms with van der Waals surface area (Å²) >= 11 is 0. The summed E-state index contributed by atoms with van der Waals surface area (Å²) in [4.78, 5) is 18.1. The normalized spacial score (nSPS) is 16.8. The first-order valence-electron chi connectivity index (χ1n) is 8.53. The number of likely N-dealkylation sites (tertiary alicyclic amines) is 1. The highest BCUT2D eigenvalue weighted by atomic mass is 19.4. The molecule has 9 heteroatoms. The van der Waals surface area contributed by atoms with Crippen molar-refractivity contribution in [3.05, 3.63) is 47.7 Å². The maximum Gasteiger partial charge on any atom is 0.416 e. The van der Waals surface area contributed by atoms with E-state index in [9.17, 15) is 18.0 Å². The minimum Gasteiger partial charge on any atom is -0.493 e. The maximum absolute atomic E-state index is 12.8. The number of carbonyl (C=O) groups excluding carboxylic acids is 1. The highest BCUT2D eigenvalue weighted by Gasteiger charge is 2.32. The van der Waals surface area contributed by atoms with Gasteiger partial charge in [0, 0.05) is 30.8 Å². The highest BCUT2D eigenvalue weighted by molar-refractivity contribution is 5.95. The third-order valence-electron chi connectivity index (χ3n) is 4.41. The van der Waals surface area contributed by atoms with Crippen LogP contribution in [0, 0.1) is 0 Å². The molecule has 1 unspecified atom stereocenters. The van der Waals surface area contributed by atoms with Crippen LogP contribution in [0.1, 0.15) is 22.3 Å². The fraction of sp³-hybridized carbons (Fsp3) is 0.368. The second kappa shape index (κ2) is 7.95. The van der Waals surface area contributed by atoms with E-state index >= 15 is 0 Å². The van der Waals surface area contributed by atoms with Crippen molar-refractivity contribution in [3.63, 3.8) is 0 Å². The fourth-order valence-corrected chi connectivity index (χ4v) is 2.98. The van der Waals surface area contributed by atoms with Crippen LogP contribution in [0.5, 0.6) is 17.4 Å². The maximum atomic E-state index is 12.8. The summed E-state index contributed by atoms with van der Waals surface area (Å²) in [6.07, 6.45) is -3.34. The van der Waals surface area contributed by atoms with E-state index in [2.05, 4.69) is 4.98 Å². The molecule has 2 aromatic rings. The Morgan fingerprint density at radius 1 is 1.14 bits per heavy atom. The Bertz CT molecular complexity index is 857. The first-order valence-corrected chi connectivity index (χ1v) is 8.53. The number of methoxy groups -OCH3 is 2. The molecule has 0 spiro atoms. The van der Waals surface area contributed by atoms with Gasteiger partial charge in [-0.3, -0.25) is 4.79 Å². The zero-order valence-electron chi connectivity index (χ0n) is 15.3. The van der Waals surface area contributed by atoms with Gasteiger partial charge in [-0.25, -0.2) is 4.98 Å². The SMILES string of the molecule is COc1ccc(C(=O)N2CCC(Oc3cc(C(F)(F)F)ccn3)C2)cc1OC. The molecular weight excluding hydrogens is 377 g/mol. The van der Waals surface area contributed by atoms with Crippen molar-refractivity contribution in [2.24, 2.45) is 0 Å². The molecule has 0 saturated carbocycles. The lowest BCUT2D eigenvalue weighted by Crippen LogP contribution is -2.31. The summed E-state index contributed by atoms with van der Waals surface area (Å²) in [5, 5.41) is 0. The van der Waals surface area contributed by atoms with E-state index in [4.69, 9.17) is 14.2 Å². The highest BCUT2D eigenvalue weighted by Crippen LogP contribution is 2.31. The first-order chi connectivity index (χ1) is 13.3. The molecule has 1 fully saturated rings. The minimum absolute atomic E-state index is 0.111. The summed E-state index contributed by atoms with van der Waals surface area (Å²) in [5.74, 6) is 0.620. The summed E-state index contributed by atoms with van der Waals surface area (Å²) in [6, 6.07) is 6.60. The second-order valence-electron chi connectivity index (χ2n) is 6.23. The molecule has 1 atom stereocenters. The Kier molecular flexibility index (Phi) is 5.62. The van der Waals surface area contributed by atoms with E-state index in [1.807, 2.05) is 0 Å². The number of alkyl halides is 3. The molecule has 150 valence electrons. The van der Waals surface area contributed by atoms with Crippen LogP contribution in [0.25, 0.3) is 0 Å². The van der Waals surface area contributed by atoms with Gasteiger partial charge in [0.05, 0.1) is 26.3 Å². The van der Waals surface area contributed by atoms with Gasteiger partial charge in [0.2, 0.25) is 5.88 Å². The molecule has 1 aliphatic rings. The van der Waals surface area contributed by atoms with Crippen molar-refractivity contribution in [1.82, 2.24) is 9.88 Å². The van der Waals surface area contributed by atoms with Crippen LogP contribution in [0.4, 0.5) is 13.2 Å². The predicted molar refractivity (Wildman–Crippen MR) is 93.7 cm³/mol. The second-order valence-corrected chi connectivity index (χ2v) is 6.23. The number of amides is 1. The molecule has 1 aromatic heterocycles. The van der Waals surface area contributed by atoms with Gasteiger partial charge in [-0.2, -0.15) is 13.2 Å². The van der Waals surface area contributed by atoms with Crippen molar-refractivity contribution in [3.8, 4) is 17.4 Å². The number of carbonyl (C=O) groups is 1. The number of nitrogens with zero attached hydrogens (tertiary/aromatic N) is 2. The largest absolute Gasteiger partial charge is 0.493 e. The van der Waals surface area contributed by atoms with Crippen LogP contribution in [-0.2, 0) is 6.18 Å². The Labute approximate surface area is 159 Å². The number of aromatic nitrogens is 1. The number of rotatable bonds is 5. The monoisotopic (exact) mass is 396 g/mol. The van der Waals surface area contributed by atoms with Gasteiger partial charge in [-0.1, -0.05) is 0 Å². The number of halogens is 3. The van der Waals surface area contributed by atoms with E-state index in [1.54, 1.807) is 23.1 Å². The fourth-order valence-electron chi connectivity index (χ4n) is 2.98. The van der Waals surface area contributed by atoms with Gasteiger partial charge in [0.1, 0.15) is 6.10 Å². The Balaban J connectivity index is 1.66. The van der Waals surface area contributed by atoms with Gasteiger partial charge in [0.15, 0.2) is 11.5 Å². The third-order valence-corrected chi connectivity index (χ3v) is 4.41. The third kappa shape index (κ3) is 4.29. The smallest absolute Gasteiger partial charge is 0.416 e. The predicted octanol–water partition coefficient (Wildman–Crippen LogP) is 3.41. The summed E-state index contributed by atoms with van der Waals surface area (Å²) in [7, 11) is 2.98. The zero-order chi connectivity index (χ0) is 20.3. The quantitative estimate of drug-likeness (QED) is 0.775. The summed E-state index contributed by atoms with van der Waals surface area (Å²) < 4.78 is 54.3. The van der Waals surface area contributed by atoms with E-state index in [0.717, 1.165) is 18.3 Å². The lowest BCUT2D eigenvalue weighted by atomic mass is 10.1. The average Bonchev–Trinajstić information content (AvgIpc) is 3.14. The van der Waals surface area contributed by atoms with Gasteiger partial charge >= 0.3 is 6.18 Å². The van der Waals surface area contributed by atoms with Crippen molar-refractivity contribution in [2.75, 3.05) is 27.3 Å². The van der Waals surface area contributed by atoms with E-state index < -0.39 is 17.8 Å². The summed E-state index contributed by atoms with van der Waals surface area (Å²) in [6.45, 7) is 0.682. The van der Waals surface area contributed by atoms with Gasteiger partial charge in [0.25, 0.3) is 5.91 Å². The number of hydrogen-bond acceptors (Lipinski definition) is 5. The molecule has 0 bridgehead atoms. The Hall–Kier alpha value is -2.97. The molecule has 0 aliphatic carbocycles. The van der Waals surface area contributed by atoms with Gasteiger partial charge < -0.3 is 19.1 Å². The molecule has 1 aromatic carbocycles. The number of ether oxygens (including phenoxy) is 3. The molecule has 0 radical (unpaired) electrons.